The molecule has 2 heterocycles. The van der Waals surface area contributed by atoms with E-state index >= 15 is 0 Å². The molecule has 2 N–H and O–H groups in total. The van der Waals surface area contributed by atoms with Crippen molar-refractivity contribution >= 4 is 35.6 Å². The Labute approximate surface area is 179 Å². The molecule has 1 aliphatic rings. The summed E-state index contributed by atoms with van der Waals surface area (Å²) in [4.78, 5) is 19.4. The summed E-state index contributed by atoms with van der Waals surface area (Å²) in [6, 6.07) is 6.82. The van der Waals surface area contributed by atoms with Gasteiger partial charge in [-0.25, -0.2) is 9.67 Å². The topological polar surface area (TPSA) is 120 Å². The number of benzene rings is 1. The van der Waals surface area contributed by atoms with Crippen LogP contribution in [0.25, 0.3) is 0 Å². The van der Waals surface area contributed by atoms with Gasteiger partial charge in [0, 0.05) is 44.8 Å². The Morgan fingerprint density at radius 1 is 1.46 bits per heavy atom. The van der Waals surface area contributed by atoms with Crippen molar-refractivity contribution in [3.8, 4) is 0 Å². The molecular formula is C17H24IN7O3. The molecule has 11 heteroatoms. The molecule has 1 aromatic heterocycles. The molecule has 152 valence electrons. The van der Waals surface area contributed by atoms with E-state index in [0.29, 0.717) is 37.0 Å². The Hall–Kier alpha value is -2.28. The maximum atomic E-state index is 11.1. The summed E-state index contributed by atoms with van der Waals surface area (Å²) in [6.07, 6.45) is 1.72. The normalized spacial score (nSPS) is 16.1. The van der Waals surface area contributed by atoms with E-state index in [1.54, 1.807) is 32.4 Å². The molecule has 10 nitrogen and oxygen atoms in total. The number of aryl methyl sites for hydroxylation is 1. The molecule has 1 aromatic carbocycles. The highest BCUT2D eigenvalue weighted by Crippen LogP contribution is 2.17. The summed E-state index contributed by atoms with van der Waals surface area (Å²) in [5.41, 5.74) is 0.702. The minimum atomic E-state index is -0.377. The fourth-order valence-electron chi connectivity index (χ4n) is 3.07. The monoisotopic (exact) mass is 501 g/mol. The minimum Gasteiger partial charge on any atom is -0.377 e. The van der Waals surface area contributed by atoms with Gasteiger partial charge in [0.25, 0.3) is 5.69 Å². The van der Waals surface area contributed by atoms with Crippen molar-refractivity contribution in [1.29, 1.82) is 0 Å². The lowest BCUT2D eigenvalue weighted by Gasteiger charge is -2.25. The number of para-hydroxylation sites is 1. The Morgan fingerprint density at radius 3 is 2.96 bits per heavy atom. The van der Waals surface area contributed by atoms with E-state index in [1.807, 2.05) is 4.68 Å². The van der Waals surface area contributed by atoms with Gasteiger partial charge >= 0.3 is 0 Å². The zero-order valence-electron chi connectivity index (χ0n) is 15.8. The predicted molar refractivity (Wildman–Crippen MR) is 115 cm³/mol. The number of fused-ring (bicyclic) bond motifs is 1. The van der Waals surface area contributed by atoms with E-state index in [9.17, 15) is 10.1 Å². The molecule has 0 amide bonds. The average Bonchev–Trinajstić information content (AvgIpc) is 3.07. The number of rotatable bonds is 6. The number of guanidine groups is 1. The first-order valence-corrected chi connectivity index (χ1v) is 8.71. The molecule has 2 aromatic rings. The fourth-order valence-corrected chi connectivity index (χ4v) is 3.07. The lowest BCUT2D eigenvalue weighted by atomic mass is 10.1. The highest BCUT2D eigenvalue weighted by molar-refractivity contribution is 14.0. The summed E-state index contributed by atoms with van der Waals surface area (Å²) in [5, 5.41) is 22.1. The summed E-state index contributed by atoms with van der Waals surface area (Å²) >= 11 is 0. The molecule has 0 aliphatic carbocycles. The van der Waals surface area contributed by atoms with E-state index in [2.05, 4.69) is 25.7 Å². The second kappa shape index (κ2) is 10.3. The molecule has 0 saturated carbocycles. The number of ether oxygens (including phenoxy) is 1. The number of nitrogens with zero attached hydrogens (tertiary/aromatic N) is 5. The molecule has 0 bridgehead atoms. The maximum absolute atomic E-state index is 11.1. The van der Waals surface area contributed by atoms with Gasteiger partial charge in [-0.2, -0.15) is 5.10 Å². The van der Waals surface area contributed by atoms with Gasteiger partial charge in [0.1, 0.15) is 12.4 Å². The number of hydrogen-bond donors (Lipinski definition) is 2. The summed E-state index contributed by atoms with van der Waals surface area (Å²) < 4.78 is 6.98. The van der Waals surface area contributed by atoms with E-state index in [-0.39, 0.29) is 40.6 Å². The van der Waals surface area contributed by atoms with Gasteiger partial charge in [-0.1, -0.05) is 18.2 Å². The zero-order chi connectivity index (χ0) is 19.2. The molecule has 3 rings (SSSR count). The van der Waals surface area contributed by atoms with Crippen LogP contribution in [0, 0.1) is 10.1 Å². The predicted octanol–water partition coefficient (Wildman–Crippen LogP) is 1.63. The van der Waals surface area contributed by atoms with Crippen molar-refractivity contribution in [1.82, 2.24) is 25.4 Å². The van der Waals surface area contributed by atoms with Crippen molar-refractivity contribution in [3.63, 3.8) is 0 Å². The van der Waals surface area contributed by atoms with Crippen LogP contribution >= 0.6 is 24.0 Å². The Kier molecular flexibility index (Phi) is 8.11. The molecular weight excluding hydrogens is 477 g/mol. The van der Waals surface area contributed by atoms with Gasteiger partial charge in [0.05, 0.1) is 11.5 Å². The van der Waals surface area contributed by atoms with E-state index in [1.165, 1.54) is 6.07 Å². The van der Waals surface area contributed by atoms with Crippen LogP contribution in [-0.4, -0.2) is 45.8 Å². The number of hydrogen-bond acceptors (Lipinski definition) is 6. The standard InChI is InChI=1S/C17H23N7O3.HI/c1-18-17(19-9-12-5-3-4-6-14(12)24(25)26)20-13-7-8-16-21-15(11-27-2)22-23(16)10-13;/h3-6,13H,7-11H2,1-2H3,(H2,18,19,20);1H. The largest absolute Gasteiger partial charge is 0.377 e. The third kappa shape index (κ3) is 5.38. The van der Waals surface area contributed by atoms with Gasteiger partial charge in [0.15, 0.2) is 11.8 Å². The van der Waals surface area contributed by atoms with Crippen LogP contribution in [0.15, 0.2) is 29.3 Å². The Bertz CT molecular complexity index is 840. The second-order valence-corrected chi connectivity index (χ2v) is 6.25. The van der Waals surface area contributed by atoms with Crippen LogP contribution in [0.4, 0.5) is 5.69 Å². The van der Waals surface area contributed by atoms with Gasteiger partial charge in [-0.05, 0) is 6.42 Å². The smallest absolute Gasteiger partial charge is 0.274 e. The lowest BCUT2D eigenvalue weighted by molar-refractivity contribution is -0.385. The number of aromatic nitrogens is 3. The van der Waals surface area contributed by atoms with Gasteiger partial charge in [0.2, 0.25) is 0 Å². The molecule has 0 spiro atoms. The lowest BCUT2D eigenvalue weighted by Crippen LogP contribution is -2.46. The Balaban J connectivity index is 0.00000280. The summed E-state index contributed by atoms with van der Waals surface area (Å²) in [6.45, 7) is 1.39. The quantitative estimate of drug-likeness (QED) is 0.203. The summed E-state index contributed by atoms with van der Waals surface area (Å²) in [7, 11) is 3.30. The third-order valence-corrected chi connectivity index (χ3v) is 4.37. The van der Waals surface area contributed by atoms with Crippen molar-refractivity contribution < 1.29 is 9.66 Å². The molecule has 1 aliphatic heterocycles. The first-order chi connectivity index (χ1) is 13.1. The zero-order valence-corrected chi connectivity index (χ0v) is 18.1. The number of nitrogens with one attached hydrogen (secondary N) is 2. The van der Waals surface area contributed by atoms with Gasteiger partial charge in [-0.15, -0.1) is 24.0 Å². The van der Waals surface area contributed by atoms with Crippen LogP contribution in [0.3, 0.4) is 0 Å². The first-order valence-electron chi connectivity index (χ1n) is 8.71. The average molecular weight is 501 g/mol. The number of methoxy groups -OCH3 is 1. The number of nitro benzene ring substituents is 1. The highest BCUT2D eigenvalue weighted by atomic mass is 127. The molecule has 1 unspecified atom stereocenters. The Morgan fingerprint density at radius 2 is 2.25 bits per heavy atom. The molecule has 0 radical (unpaired) electrons. The maximum Gasteiger partial charge on any atom is 0.274 e. The minimum absolute atomic E-state index is 0. The van der Waals surface area contributed by atoms with Crippen molar-refractivity contribution in [2.45, 2.75) is 38.6 Å². The van der Waals surface area contributed by atoms with E-state index < -0.39 is 0 Å². The molecule has 1 atom stereocenters. The van der Waals surface area contributed by atoms with Crippen LogP contribution in [-0.2, 0) is 30.9 Å². The van der Waals surface area contributed by atoms with Crippen molar-refractivity contribution in [2.75, 3.05) is 14.2 Å². The molecule has 0 fully saturated rings. The second-order valence-electron chi connectivity index (χ2n) is 6.25. The van der Waals surface area contributed by atoms with E-state index in [0.717, 1.165) is 18.7 Å². The van der Waals surface area contributed by atoms with Crippen LogP contribution in [0.2, 0.25) is 0 Å². The number of aliphatic imine (C=N–C) groups is 1. The fraction of sp³-hybridized carbons (Fsp3) is 0.471. The van der Waals surface area contributed by atoms with Gasteiger partial charge in [-0.3, -0.25) is 15.1 Å². The van der Waals surface area contributed by atoms with Crippen molar-refractivity contribution in [2.24, 2.45) is 4.99 Å². The third-order valence-electron chi connectivity index (χ3n) is 4.37. The first kappa shape index (κ1) is 22.0. The molecule has 28 heavy (non-hydrogen) atoms. The van der Waals surface area contributed by atoms with Crippen LogP contribution in [0.1, 0.15) is 23.6 Å². The summed E-state index contributed by atoms with van der Waals surface area (Å²) in [5.74, 6) is 2.24. The van der Waals surface area contributed by atoms with Crippen LogP contribution in [0.5, 0.6) is 0 Å². The highest BCUT2D eigenvalue weighted by Gasteiger charge is 2.22. The van der Waals surface area contributed by atoms with Gasteiger partial charge < -0.3 is 15.4 Å². The van der Waals surface area contributed by atoms with Crippen LogP contribution < -0.4 is 10.6 Å². The molecule has 0 saturated heterocycles. The van der Waals surface area contributed by atoms with Crippen molar-refractivity contribution in [3.05, 3.63) is 51.6 Å². The number of nitro groups is 1. The SMILES string of the molecule is CN=C(NCc1ccccc1[N+](=O)[O-])NC1CCc2nc(COC)nn2C1.I. The number of halogens is 1. The van der Waals surface area contributed by atoms with E-state index in [4.69, 9.17) is 4.74 Å².